The standard InChI is InChI=1S/C14H16O2/c1-9(2)12-4-5-14(15)13(12)6-11-8-16-7-10(11)3/h7-8H,1,4-6H2,2-3H3. The maximum atomic E-state index is 11.8. The number of Topliss-reactive ketones (excluding diaryl/α,β-unsaturated/α-hetero) is 1. The molecule has 0 N–H and O–H groups in total. The lowest BCUT2D eigenvalue weighted by Gasteiger charge is -2.05. The summed E-state index contributed by atoms with van der Waals surface area (Å²) in [4.78, 5) is 11.8. The average molecular weight is 216 g/mol. The molecule has 0 saturated heterocycles. The first kappa shape index (κ1) is 10.9. The summed E-state index contributed by atoms with van der Waals surface area (Å²) in [5.41, 5.74) is 5.29. The first-order valence-electron chi connectivity index (χ1n) is 5.52. The number of hydrogen-bond acceptors (Lipinski definition) is 2. The van der Waals surface area contributed by atoms with Crippen LogP contribution in [0, 0.1) is 6.92 Å². The highest BCUT2D eigenvalue weighted by molar-refractivity contribution is 6.00. The number of carbonyl (C=O) groups is 1. The molecule has 0 bridgehead atoms. The lowest BCUT2D eigenvalue weighted by molar-refractivity contribution is -0.115. The van der Waals surface area contributed by atoms with Gasteiger partial charge in [-0.15, -0.1) is 0 Å². The number of aryl methyl sites for hydroxylation is 1. The van der Waals surface area contributed by atoms with E-state index in [1.807, 2.05) is 13.8 Å². The van der Waals surface area contributed by atoms with Crippen LogP contribution in [-0.4, -0.2) is 5.78 Å². The van der Waals surface area contributed by atoms with Gasteiger partial charge in [-0.05, 0) is 37.0 Å². The largest absolute Gasteiger partial charge is 0.472 e. The van der Waals surface area contributed by atoms with Crippen molar-refractivity contribution >= 4 is 5.78 Å². The van der Waals surface area contributed by atoms with Crippen molar-refractivity contribution in [3.8, 4) is 0 Å². The Morgan fingerprint density at radius 2 is 2.19 bits per heavy atom. The van der Waals surface area contributed by atoms with Crippen LogP contribution in [0.25, 0.3) is 0 Å². The van der Waals surface area contributed by atoms with Crippen LogP contribution >= 0.6 is 0 Å². The van der Waals surface area contributed by atoms with E-state index in [0.29, 0.717) is 12.8 Å². The molecule has 0 atom stereocenters. The van der Waals surface area contributed by atoms with Gasteiger partial charge in [0.15, 0.2) is 5.78 Å². The third kappa shape index (κ3) is 1.87. The molecule has 16 heavy (non-hydrogen) atoms. The zero-order valence-corrected chi connectivity index (χ0v) is 9.80. The first-order valence-corrected chi connectivity index (χ1v) is 5.52. The number of carbonyl (C=O) groups excluding carboxylic acids is 1. The smallest absolute Gasteiger partial charge is 0.159 e. The number of allylic oxidation sites excluding steroid dienone is 3. The van der Waals surface area contributed by atoms with Gasteiger partial charge >= 0.3 is 0 Å². The van der Waals surface area contributed by atoms with Crippen LogP contribution < -0.4 is 0 Å². The van der Waals surface area contributed by atoms with E-state index >= 15 is 0 Å². The molecule has 1 aromatic rings. The van der Waals surface area contributed by atoms with E-state index in [1.165, 1.54) is 0 Å². The molecule has 0 aromatic carbocycles. The lowest BCUT2D eigenvalue weighted by atomic mass is 9.98. The maximum Gasteiger partial charge on any atom is 0.159 e. The van der Waals surface area contributed by atoms with Crippen molar-refractivity contribution in [1.29, 1.82) is 0 Å². The van der Waals surface area contributed by atoms with Gasteiger partial charge in [0.1, 0.15) is 0 Å². The quantitative estimate of drug-likeness (QED) is 0.775. The zero-order valence-electron chi connectivity index (χ0n) is 9.80. The summed E-state index contributed by atoms with van der Waals surface area (Å²) < 4.78 is 5.13. The van der Waals surface area contributed by atoms with Crippen LogP contribution in [0.5, 0.6) is 0 Å². The van der Waals surface area contributed by atoms with Crippen molar-refractivity contribution in [2.45, 2.75) is 33.1 Å². The van der Waals surface area contributed by atoms with Crippen molar-refractivity contribution < 1.29 is 9.21 Å². The van der Waals surface area contributed by atoms with Gasteiger partial charge < -0.3 is 4.42 Å². The molecule has 0 aliphatic heterocycles. The second-order valence-corrected chi connectivity index (χ2v) is 4.42. The van der Waals surface area contributed by atoms with Gasteiger partial charge in [-0.1, -0.05) is 12.2 Å². The SMILES string of the molecule is C=C(C)C1=C(Cc2cocc2C)C(=O)CC1. The van der Waals surface area contributed by atoms with Gasteiger partial charge in [-0.25, -0.2) is 0 Å². The lowest BCUT2D eigenvalue weighted by Crippen LogP contribution is -2.01. The predicted molar refractivity (Wildman–Crippen MR) is 63.2 cm³/mol. The third-order valence-corrected chi connectivity index (χ3v) is 3.15. The van der Waals surface area contributed by atoms with Crippen LogP contribution in [-0.2, 0) is 11.2 Å². The average Bonchev–Trinajstić information content (AvgIpc) is 2.76. The summed E-state index contributed by atoms with van der Waals surface area (Å²) in [5, 5.41) is 0. The fraction of sp³-hybridized carbons (Fsp3) is 0.357. The minimum Gasteiger partial charge on any atom is -0.472 e. The van der Waals surface area contributed by atoms with E-state index in [0.717, 1.165) is 34.3 Å². The van der Waals surface area contributed by atoms with E-state index in [-0.39, 0.29) is 5.78 Å². The van der Waals surface area contributed by atoms with Crippen molar-refractivity contribution in [3.05, 3.63) is 47.0 Å². The highest BCUT2D eigenvalue weighted by atomic mass is 16.3. The molecule has 84 valence electrons. The molecule has 0 spiro atoms. The molecule has 2 heteroatoms. The second kappa shape index (κ2) is 4.12. The number of furan rings is 1. The molecule has 0 fully saturated rings. The monoisotopic (exact) mass is 216 g/mol. The first-order chi connectivity index (χ1) is 7.59. The predicted octanol–water partition coefficient (Wildman–Crippen LogP) is 3.37. The minimum atomic E-state index is 0.263. The summed E-state index contributed by atoms with van der Waals surface area (Å²) in [6.07, 6.45) is 5.61. The molecule has 0 radical (unpaired) electrons. The molecule has 0 amide bonds. The fourth-order valence-corrected chi connectivity index (χ4v) is 2.14. The Balaban J connectivity index is 2.32. The summed E-state index contributed by atoms with van der Waals surface area (Å²) >= 11 is 0. The van der Waals surface area contributed by atoms with E-state index in [9.17, 15) is 4.79 Å². The van der Waals surface area contributed by atoms with Gasteiger partial charge in [-0.3, -0.25) is 4.79 Å². The zero-order chi connectivity index (χ0) is 11.7. The summed E-state index contributed by atoms with van der Waals surface area (Å²) in [5.74, 6) is 0.263. The Labute approximate surface area is 95.7 Å². The topological polar surface area (TPSA) is 30.2 Å². The molecule has 1 aliphatic carbocycles. The fourth-order valence-electron chi connectivity index (χ4n) is 2.14. The van der Waals surface area contributed by atoms with Gasteiger partial charge in [0, 0.05) is 18.4 Å². The normalized spacial score (nSPS) is 16.0. The van der Waals surface area contributed by atoms with Crippen LogP contribution in [0.2, 0.25) is 0 Å². The van der Waals surface area contributed by atoms with Crippen LogP contribution in [0.3, 0.4) is 0 Å². The Bertz CT molecular complexity index is 475. The van der Waals surface area contributed by atoms with Crippen molar-refractivity contribution in [3.63, 3.8) is 0 Å². The number of ketones is 1. The Kier molecular flexibility index (Phi) is 2.82. The van der Waals surface area contributed by atoms with Gasteiger partial charge in [0.2, 0.25) is 0 Å². The van der Waals surface area contributed by atoms with Crippen molar-refractivity contribution in [1.82, 2.24) is 0 Å². The van der Waals surface area contributed by atoms with Gasteiger partial charge in [0.25, 0.3) is 0 Å². The molecule has 2 rings (SSSR count). The van der Waals surface area contributed by atoms with E-state index in [2.05, 4.69) is 6.58 Å². The molecule has 1 heterocycles. The Morgan fingerprint density at radius 3 is 2.75 bits per heavy atom. The van der Waals surface area contributed by atoms with E-state index in [4.69, 9.17) is 4.42 Å². The molecule has 1 aliphatic rings. The minimum absolute atomic E-state index is 0.263. The highest BCUT2D eigenvalue weighted by Gasteiger charge is 2.23. The molecular weight excluding hydrogens is 200 g/mol. The maximum absolute atomic E-state index is 11.8. The second-order valence-electron chi connectivity index (χ2n) is 4.42. The van der Waals surface area contributed by atoms with Gasteiger partial charge in [0.05, 0.1) is 12.5 Å². The Hall–Kier alpha value is -1.57. The van der Waals surface area contributed by atoms with Crippen molar-refractivity contribution in [2.24, 2.45) is 0 Å². The molecule has 0 unspecified atom stereocenters. The van der Waals surface area contributed by atoms with Crippen LogP contribution in [0.1, 0.15) is 30.9 Å². The van der Waals surface area contributed by atoms with E-state index in [1.54, 1.807) is 12.5 Å². The van der Waals surface area contributed by atoms with E-state index < -0.39 is 0 Å². The Morgan fingerprint density at radius 1 is 1.44 bits per heavy atom. The molecular formula is C14H16O2. The highest BCUT2D eigenvalue weighted by Crippen LogP contribution is 2.30. The van der Waals surface area contributed by atoms with Gasteiger partial charge in [-0.2, -0.15) is 0 Å². The van der Waals surface area contributed by atoms with Crippen LogP contribution in [0.15, 0.2) is 40.2 Å². The summed E-state index contributed by atoms with van der Waals surface area (Å²) in [7, 11) is 0. The summed E-state index contributed by atoms with van der Waals surface area (Å²) in [6, 6.07) is 0. The molecule has 1 aromatic heterocycles. The third-order valence-electron chi connectivity index (χ3n) is 3.15. The van der Waals surface area contributed by atoms with Crippen molar-refractivity contribution in [2.75, 3.05) is 0 Å². The molecule has 0 saturated carbocycles. The number of rotatable bonds is 3. The molecule has 2 nitrogen and oxygen atoms in total. The summed E-state index contributed by atoms with van der Waals surface area (Å²) in [6.45, 7) is 7.91. The number of hydrogen-bond donors (Lipinski definition) is 0. The van der Waals surface area contributed by atoms with Crippen LogP contribution in [0.4, 0.5) is 0 Å².